The Morgan fingerprint density at radius 2 is 1.41 bits per heavy atom. The van der Waals surface area contributed by atoms with Gasteiger partial charge < -0.3 is 4.42 Å². The number of rotatable bonds is 3. The van der Waals surface area contributed by atoms with Crippen LogP contribution in [0, 0.1) is 0 Å². The van der Waals surface area contributed by atoms with Crippen molar-refractivity contribution in [2.45, 2.75) is 6.92 Å². The van der Waals surface area contributed by atoms with Crippen molar-refractivity contribution in [3.63, 3.8) is 0 Å². The van der Waals surface area contributed by atoms with Gasteiger partial charge >= 0.3 is 0 Å². The van der Waals surface area contributed by atoms with E-state index in [-0.39, 0.29) is 16.8 Å². The maximum Gasteiger partial charge on any atom is 0.196 e. The van der Waals surface area contributed by atoms with Crippen molar-refractivity contribution < 1.29 is 9.21 Å². The van der Waals surface area contributed by atoms with Crippen LogP contribution in [0.2, 0.25) is 0 Å². The van der Waals surface area contributed by atoms with E-state index in [0.29, 0.717) is 17.1 Å². The molecular weight excluding hydrogens is 276 g/mol. The lowest BCUT2D eigenvalue weighted by Gasteiger charge is -2.09. The van der Waals surface area contributed by atoms with Gasteiger partial charge in [-0.05, 0) is 6.92 Å². The summed E-state index contributed by atoms with van der Waals surface area (Å²) in [6.07, 6.45) is 0. The van der Waals surface area contributed by atoms with Crippen molar-refractivity contribution in [3.8, 4) is 22.6 Å². The zero-order valence-electron chi connectivity index (χ0n) is 12.1. The highest BCUT2D eigenvalue weighted by Gasteiger charge is 2.18. The summed E-state index contributed by atoms with van der Waals surface area (Å²) in [6.45, 7) is 1.38. The van der Waals surface area contributed by atoms with E-state index in [1.165, 1.54) is 13.0 Å². The molecule has 0 bridgehead atoms. The highest BCUT2D eigenvalue weighted by Crippen LogP contribution is 2.27. The Hall–Kier alpha value is -2.94. The maximum absolute atomic E-state index is 12.4. The minimum Gasteiger partial charge on any atom is -0.455 e. The van der Waals surface area contributed by atoms with E-state index < -0.39 is 0 Å². The molecule has 0 aliphatic carbocycles. The largest absolute Gasteiger partial charge is 0.455 e. The Morgan fingerprint density at radius 1 is 0.864 bits per heavy atom. The molecule has 108 valence electrons. The molecule has 0 aliphatic heterocycles. The highest BCUT2D eigenvalue weighted by atomic mass is 16.3. The molecule has 3 aromatic rings. The van der Waals surface area contributed by atoms with Gasteiger partial charge in [-0.2, -0.15) is 0 Å². The van der Waals surface area contributed by atoms with Crippen LogP contribution in [-0.4, -0.2) is 5.78 Å². The van der Waals surface area contributed by atoms with Gasteiger partial charge in [-0.1, -0.05) is 60.7 Å². The molecule has 0 fully saturated rings. The van der Waals surface area contributed by atoms with Gasteiger partial charge in [-0.25, -0.2) is 0 Å². The normalized spacial score (nSPS) is 10.4. The molecule has 0 atom stereocenters. The topological polar surface area (TPSA) is 47.3 Å². The first-order chi connectivity index (χ1) is 10.7. The first-order valence-corrected chi connectivity index (χ1v) is 6.97. The third-order valence-corrected chi connectivity index (χ3v) is 3.39. The van der Waals surface area contributed by atoms with Crippen LogP contribution in [0.15, 0.2) is 75.9 Å². The van der Waals surface area contributed by atoms with E-state index in [1.807, 2.05) is 60.7 Å². The number of carbonyl (C=O) groups is 1. The minimum atomic E-state index is -0.323. The Balaban J connectivity index is 2.29. The molecule has 1 heterocycles. The van der Waals surface area contributed by atoms with Gasteiger partial charge in [0.05, 0.1) is 0 Å². The quantitative estimate of drug-likeness (QED) is 0.680. The molecule has 0 amide bonds. The fraction of sp³-hybridized carbons (Fsp3) is 0.0526. The van der Waals surface area contributed by atoms with Gasteiger partial charge in [0.25, 0.3) is 0 Å². The van der Waals surface area contributed by atoms with E-state index in [2.05, 4.69) is 0 Å². The monoisotopic (exact) mass is 290 g/mol. The Kier molecular flexibility index (Phi) is 3.71. The molecule has 1 aromatic heterocycles. The predicted octanol–water partition coefficient (Wildman–Crippen LogP) is 4.18. The second-order valence-electron chi connectivity index (χ2n) is 4.97. The van der Waals surface area contributed by atoms with Crippen LogP contribution in [0.4, 0.5) is 0 Å². The fourth-order valence-corrected chi connectivity index (χ4v) is 2.36. The van der Waals surface area contributed by atoms with Gasteiger partial charge in [-0.3, -0.25) is 9.59 Å². The molecule has 3 rings (SSSR count). The summed E-state index contributed by atoms with van der Waals surface area (Å²) < 4.78 is 5.90. The van der Waals surface area contributed by atoms with Gasteiger partial charge in [-0.15, -0.1) is 0 Å². The van der Waals surface area contributed by atoms with Crippen LogP contribution in [0.3, 0.4) is 0 Å². The van der Waals surface area contributed by atoms with E-state index in [4.69, 9.17) is 4.42 Å². The van der Waals surface area contributed by atoms with E-state index >= 15 is 0 Å². The summed E-state index contributed by atoms with van der Waals surface area (Å²) >= 11 is 0. The third kappa shape index (κ3) is 2.61. The van der Waals surface area contributed by atoms with Crippen molar-refractivity contribution in [2.75, 3.05) is 0 Å². The summed E-state index contributed by atoms with van der Waals surface area (Å²) in [5, 5.41) is 0. The number of Topliss-reactive ketones (excluding diaryl/α,β-unsaturated/α-hetero) is 1. The molecule has 0 saturated heterocycles. The van der Waals surface area contributed by atoms with Gasteiger partial charge in [0.2, 0.25) is 0 Å². The molecule has 0 spiro atoms. The van der Waals surface area contributed by atoms with Gasteiger partial charge in [0.1, 0.15) is 17.1 Å². The van der Waals surface area contributed by atoms with Gasteiger partial charge in [0.15, 0.2) is 11.2 Å². The molecule has 3 heteroatoms. The van der Waals surface area contributed by atoms with Gasteiger partial charge in [0, 0.05) is 17.2 Å². The highest BCUT2D eigenvalue weighted by molar-refractivity contribution is 5.99. The average Bonchev–Trinajstić information content (AvgIpc) is 2.55. The van der Waals surface area contributed by atoms with Crippen molar-refractivity contribution in [3.05, 3.63) is 82.5 Å². The number of hydrogen-bond acceptors (Lipinski definition) is 3. The number of hydrogen-bond donors (Lipinski definition) is 0. The average molecular weight is 290 g/mol. The maximum atomic E-state index is 12.4. The second kappa shape index (κ2) is 5.82. The van der Waals surface area contributed by atoms with Crippen LogP contribution < -0.4 is 5.43 Å². The van der Waals surface area contributed by atoms with Crippen LogP contribution in [0.25, 0.3) is 22.6 Å². The fourth-order valence-electron chi connectivity index (χ4n) is 2.36. The van der Waals surface area contributed by atoms with Crippen molar-refractivity contribution in [1.82, 2.24) is 0 Å². The minimum absolute atomic E-state index is 0.0888. The molecular formula is C19H14O3. The summed E-state index contributed by atoms with van der Waals surface area (Å²) in [5.74, 6) is 0.473. The van der Waals surface area contributed by atoms with Crippen LogP contribution in [0.5, 0.6) is 0 Å². The summed E-state index contributed by atoms with van der Waals surface area (Å²) in [5.41, 5.74) is 1.27. The molecule has 0 aliphatic rings. The predicted molar refractivity (Wildman–Crippen MR) is 85.9 cm³/mol. The Morgan fingerprint density at radius 3 is 1.95 bits per heavy atom. The SMILES string of the molecule is CC(=O)c1c(-c2ccccc2)oc(-c2ccccc2)cc1=O. The van der Waals surface area contributed by atoms with Crippen molar-refractivity contribution in [2.24, 2.45) is 0 Å². The van der Waals surface area contributed by atoms with Crippen LogP contribution in [-0.2, 0) is 0 Å². The molecule has 3 nitrogen and oxygen atoms in total. The zero-order chi connectivity index (χ0) is 15.5. The molecule has 2 aromatic carbocycles. The van der Waals surface area contributed by atoms with E-state index in [9.17, 15) is 9.59 Å². The first-order valence-electron chi connectivity index (χ1n) is 6.97. The molecule has 22 heavy (non-hydrogen) atoms. The Bertz CT molecular complexity index is 862. The molecule has 0 unspecified atom stereocenters. The first kappa shape index (κ1) is 14.0. The summed E-state index contributed by atoms with van der Waals surface area (Å²) in [6, 6.07) is 19.9. The summed E-state index contributed by atoms with van der Waals surface area (Å²) in [4.78, 5) is 24.2. The number of ketones is 1. The smallest absolute Gasteiger partial charge is 0.196 e. The van der Waals surface area contributed by atoms with E-state index in [0.717, 1.165) is 5.56 Å². The standard InChI is InChI=1S/C19H14O3/c1-13(20)18-16(21)12-17(14-8-4-2-5-9-14)22-19(18)15-10-6-3-7-11-15/h2-12H,1H3. The lowest BCUT2D eigenvalue weighted by molar-refractivity contribution is 0.101. The van der Waals surface area contributed by atoms with E-state index in [1.54, 1.807) is 0 Å². The summed E-state index contributed by atoms with van der Waals surface area (Å²) in [7, 11) is 0. The third-order valence-electron chi connectivity index (χ3n) is 3.39. The van der Waals surface area contributed by atoms with Crippen molar-refractivity contribution in [1.29, 1.82) is 0 Å². The lowest BCUT2D eigenvalue weighted by Crippen LogP contribution is -2.14. The zero-order valence-corrected chi connectivity index (χ0v) is 12.1. The van der Waals surface area contributed by atoms with Crippen LogP contribution >= 0.6 is 0 Å². The Labute approximate surface area is 127 Å². The van der Waals surface area contributed by atoms with Crippen molar-refractivity contribution >= 4 is 5.78 Å². The number of carbonyl (C=O) groups excluding carboxylic acids is 1. The van der Waals surface area contributed by atoms with Crippen LogP contribution in [0.1, 0.15) is 17.3 Å². The molecule has 0 radical (unpaired) electrons. The number of benzene rings is 2. The second-order valence-corrected chi connectivity index (χ2v) is 4.97. The lowest BCUT2D eigenvalue weighted by atomic mass is 10.0. The molecule has 0 saturated carbocycles. The molecule has 0 N–H and O–H groups in total.